The lowest BCUT2D eigenvalue weighted by atomic mass is 10.00. The molecule has 2 atom stereocenters. The number of rotatable bonds is 8. The number of thiophene rings is 1. The predicted octanol–water partition coefficient (Wildman–Crippen LogP) is 4.90. The molecule has 7 nitrogen and oxygen atoms in total. The van der Waals surface area contributed by atoms with E-state index in [9.17, 15) is 9.59 Å². The van der Waals surface area contributed by atoms with Gasteiger partial charge in [-0.05, 0) is 86.1 Å². The number of carbonyl (C=O) groups is 1. The molecule has 3 aromatic rings. The average Bonchev–Trinajstić information content (AvgIpc) is 3.66. The van der Waals surface area contributed by atoms with Crippen LogP contribution in [0.4, 0.5) is 11.4 Å². The Hall–Kier alpha value is -3.23. The van der Waals surface area contributed by atoms with E-state index in [1.54, 1.807) is 17.5 Å². The number of hydrogen-bond acceptors (Lipinski definition) is 6. The molecule has 3 aliphatic heterocycles. The Labute approximate surface area is 227 Å². The normalized spacial score (nSPS) is 19.6. The number of likely N-dealkylation sites (tertiary alicyclic amines) is 1. The fourth-order valence-corrected chi connectivity index (χ4v) is 7.26. The maximum atomic E-state index is 13.3. The predicted molar refractivity (Wildman–Crippen MR) is 154 cm³/mol. The SMILES string of the molecule is CCN1CCC[C@@H]1CN1Cc2cc3c(cc2C1=O)CC(c1c(N[C@@H](C)Cc2sccc2C)cc[nH]c1=O)=N3. The minimum Gasteiger partial charge on any atom is -0.381 e. The summed E-state index contributed by atoms with van der Waals surface area (Å²) in [5.74, 6) is 0.122. The van der Waals surface area contributed by atoms with E-state index in [1.165, 1.54) is 16.9 Å². The number of nitrogens with zero attached hydrogens (tertiary/aromatic N) is 3. The Kier molecular flexibility index (Phi) is 6.70. The molecule has 0 aliphatic carbocycles. The molecule has 0 bridgehead atoms. The summed E-state index contributed by atoms with van der Waals surface area (Å²) in [6.45, 7) is 10.1. The van der Waals surface area contributed by atoms with Gasteiger partial charge >= 0.3 is 0 Å². The lowest BCUT2D eigenvalue weighted by Crippen LogP contribution is -2.40. The van der Waals surface area contributed by atoms with Crippen LogP contribution in [-0.4, -0.2) is 58.1 Å². The summed E-state index contributed by atoms with van der Waals surface area (Å²) < 4.78 is 0. The Bertz CT molecular complexity index is 1470. The summed E-state index contributed by atoms with van der Waals surface area (Å²) in [6, 6.07) is 8.76. The van der Waals surface area contributed by atoms with Crippen molar-refractivity contribution in [2.75, 3.05) is 25.0 Å². The average molecular weight is 530 g/mol. The number of carbonyl (C=O) groups excluding carboxylic acids is 1. The fourth-order valence-electron chi connectivity index (χ4n) is 6.22. The van der Waals surface area contributed by atoms with Gasteiger partial charge in [-0.1, -0.05) is 6.92 Å². The van der Waals surface area contributed by atoms with Gasteiger partial charge in [0.2, 0.25) is 0 Å². The third-order valence-electron chi connectivity index (χ3n) is 8.24. The molecule has 1 saturated heterocycles. The lowest BCUT2D eigenvalue weighted by molar-refractivity contribution is 0.0731. The Morgan fingerprint density at radius 1 is 1.24 bits per heavy atom. The number of pyridine rings is 1. The van der Waals surface area contributed by atoms with Crippen molar-refractivity contribution in [3.63, 3.8) is 0 Å². The number of benzene rings is 1. The quantitative estimate of drug-likeness (QED) is 0.435. The Morgan fingerprint density at radius 3 is 2.89 bits per heavy atom. The number of amides is 1. The van der Waals surface area contributed by atoms with Crippen molar-refractivity contribution < 1.29 is 4.79 Å². The minimum atomic E-state index is -0.145. The molecule has 1 amide bonds. The third-order valence-corrected chi connectivity index (χ3v) is 9.29. The fraction of sp³-hybridized carbons (Fsp3) is 0.433. The summed E-state index contributed by atoms with van der Waals surface area (Å²) in [7, 11) is 0. The first kappa shape index (κ1) is 25.1. The van der Waals surface area contributed by atoms with E-state index in [0.717, 1.165) is 66.3 Å². The number of aryl methyl sites for hydroxylation is 1. The second-order valence-corrected chi connectivity index (χ2v) is 11.9. The van der Waals surface area contributed by atoms with Crippen molar-refractivity contribution in [1.29, 1.82) is 0 Å². The van der Waals surface area contributed by atoms with Crippen LogP contribution in [0.1, 0.15) is 64.2 Å². The molecule has 3 aliphatic rings. The van der Waals surface area contributed by atoms with E-state index in [0.29, 0.717) is 24.6 Å². The number of aliphatic imine (C=N–C) groups is 1. The molecule has 0 spiro atoms. The summed E-state index contributed by atoms with van der Waals surface area (Å²) in [4.78, 5) is 39.9. The molecule has 0 unspecified atom stereocenters. The first-order valence-electron chi connectivity index (χ1n) is 13.7. The zero-order valence-electron chi connectivity index (χ0n) is 22.3. The van der Waals surface area contributed by atoms with Crippen LogP contribution in [0.25, 0.3) is 0 Å². The number of likely N-dealkylation sites (N-methyl/N-ethyl adjacent to an activating group) is 1. The largest absolute Gasteiger partial charge is 0.381 e. The summed E-state index contributed by atoms with van der Waals surface area (Å²) >= 11 is 1.77. The maximum absolute atomic E-state index is 13.3. The number of anilines is 1. The second kappa shape index (κ2) is 10.2. The van der Waals surface area contributed by atoms with E-state index in [1.807, 2.05) is 17.0 Å². The Balaban J connectivity index is 1.22. The Morgan fingerprint density at radius 2 is 2.11 bits per heavy atom. The molecule has 1 aromatic carbocycles. The molecule has 2 aromatic heterocycles. The van der Waals surface area contributed by atoms with Gasteiger partial charge in [0.05, 0.1) is 22.6 Å². The van der Waals surface area contributed by atoms with Crippen LogP contribution in [-0.2, 0) is 19.4 Å². The van der Waals surface area contributed by atoms with E-state index in [2.05, 4.69) is 53.5 Å². The van der Waals surface area contributed by atoms with Crippen molar-refractivity contribution in [2.24, 2.45) is 4.99 Å². The van der Waals surface area contributed by atoms with E-state index in [-0.39, 0.29) is 17.5 Å². The molecule has 0 radical (unpaired) electrons. The molecular formula is C30H35N5O2S. The van der Waals surface area contributed by atoms with E-state index < -0.39 is 0 Å². The molecule has 1 fully saturated rings. The van der Waals surface area contributed by atoms with Crippen molar-refractivity contribution in [3.05, 3.63) is 78.9 Å². The molecule has 38 heavy (non-hydrogen) atoms. The number of nitrogens with one attached hydrogen (secondary N) is 2. The highest BCUT2D eigenvalue weighted by atomic mass is 32.1. The molecular weight excluding hydrogens is 494 g/mol. The molecule has 2 N–H and O–H groups in total. The highest BCUT2D eigenvalue weighted by molar-refractivity contribution is 7.10. The highest BCUT2D eigenvalue weighted by Gasteiger charge is 2.34. The van der Waals surface area contributed by atoms with Crippen molar-refractivity contribution in [2.45, 2.75) is 65.1 Å². The van der Waals surface area contributed by atoms with Crippen LogP contribution >= 0.6 is 11.3 Å². The van der Waals surface area contributed by atoms with Crippen molar-refractivity contribution in [3.8, 4) is 0 Å². The standard InChI is InChI=1S/C30H35N5O2S/c1-4-34-10-5-6-22(34)17-35-16-21-15-25-20(13-23(21)30(35)37)14-26(33-25)28-24(7-9-31-29(28)36)32-19(3)12-27-18(2)8-11-38-27/h7-9,11,13,15,19,22H,4-6,10,12,14,16-17H2,1-3H3,(H2,31,32,36)/t19-,22+/m0/s1. The van der Waals surface area contributed by atoms with Gasteiger partial charge in [0, 0.05) is 54.7 Å². The zero-order valence-corrected chi connectivity index (χ0v) is 23.2. The number of aromatic amines is 1. The van der Waals surface area contributed by atoms with Crippen LogP contribution < -0.4 is 10.9 Å². The number of H-pyrrole nitrogens is 1. The molecule has 6 rings (SSSR count). The van der Waals surface area contributed by atoms with Crippen molar-refractivity contribution in [1.82, 2.24) is 14.8 Å². The van der Waals surface area contributed by atoms with Crippen LogP contribution in [0.5, 0.6) is 0 Å². The maximum Gasteiger partial charge on any atom is 0.259 e. The van der Waals surface area contributed by atoms with E-state index in [4.69, 9.17) is 4.99 Å². The topological polar surface area (TPSA) is 80.8 Å². The number of fused-ring (bicyclic) bond motifs is 2. The minimum absolute atomic E-state index is 0.122. The van der Waals surface area contributed by atoms with Crippen LogP contribution in [0.2, 0.25) is 0 Å². The van der Waals surface area contributed by atoms with Gasteiger partial charge in [-0.15, -0.1) is 11.3 Å². The van der Waals surface area contributed by atoms with Gasteiger partial charge in [-0.2, -0.15) is 0 Å². The van der Waals surface area contributed by atoms with Gasteiger partial charge < -0.3 is 15.2 Å². The third kappa shape index (κ3) is 4.60. The monoisotopic (exact) mass is 529 g/mol. The van der Waals surface area contributed by atoms with Crippen LogP contribution in [0, 0.1) is 6.92 Å². The first-order valence-corrected chi connectivity index (χ1v) is 14.6. The van der Waals surface area contributed by atoms with Gasteiger partial charge in [-0.3, -0.25) is 19.5 Å². The number of aromatic nitrogens is 1. The summed E-state index contributed by atoms with van der Waals surface area (Å²) in [6.07, 6.45) is 5.49. The molecule has 8 heteroatoms. The smallest absolute Gasteiger partial charge is 0.259 e. The first-order chi connectivity index (χ1) is 18.4. The van der Waals surface area contributed by atoms with Crippen molar-refractivity contribution >= 4 is 34.3 Å². The molecule has 5 heterocycles. The molecule has 0 saturated carbocycles. The number of hydrogen-bond donors (Lipinski definition) is 2. The van der Waals surface area contributed by atoms with Crippen LogP contribution in [0.3, 0.4) is 0 Å². The van der Waals surface area contributed by atoms with E-state index >= 15 is 0 Å². The lowest BCUT2D eigenvalue weighted by Gasteiger charge is -2.27. The van der Waals surface area contributed by atoms with Gasteiger partial charge in [0.25, 0.3) is 11.5 Å². The van der Waals surface area contributed by atoms with Crippen LogP contribution in [0.15, 0.2) is 45.6 Å². The summed E-state index contributed by atoms with van der Waals surface area (Å²) in [5.41, 5.74) is 7.03. The van der Waals surface area contributed by atoms with Gasteiger partial charge in [-0.25, -0.2) is 0 Å². The highest BCUT2D eigenvalue weighted by Crippen LogP contribution is 2.36. The zero-order chi connectivity index (χ0) is 26.4. The summed E-state index contributed by atoms with van der Waals surface area (Å²) in [5, 5.41) is 5.68. The second-order valence-electron chi connectivity index (χ2n) is 10.9. The van der Waals surface area contributed by atoms with Gasteiger partial charge in [0.15, 0.2) is 0 Å². The van der Waals surface area contributed by atoms with Gasteiger partial charge in [0.1, 0.15) is 0 Å². The molecule has 198 valence electrons.